The summed E-state index contributed by atoms with van der Waals surface area (Å²) in [6, 6.07) is 22.8. The highest BCUT2D eigenvalue weighted by Crippen LogP contribution is 2.31. The standard InChI is InChI=1S/C27H22BrCl2N3O2/c1-17(34)10-11-31-27(35)20-4-2-18(3-5-20)16-33-26(19-6-8-22(28)9-7-19)15-25(32-33)21-12-23(29)14-24(30)13-21/h2-9,12-15H,10-11,16H2,1H3,(H,31,35). The van der Waals surface area contributed by atoms with Gasteiger partial charge in [-0.3, -0.25) is 14.3 Å². The monoisotopic (exact) mass is 569 g/mol. The molecule has 8 heteroatoms. The molecule has 178 valence electrons. The van der Waals surface area contributed by atoms with Gasteiger partial charge in [0.25, 0.3) is 5.91 Å². The highest BCUT2D eigenvalue weighted by atomic mass is 79.9. The number of amides is 1. The fourth-order valence-corrected chi connectivity index (χ4v) is 4.41. The quantitative estimate of drug-likeness (QED) is 0.247. The van der Waals surface area contributed by atoms with Crippen molar-refractivity contribution in [1.29, 1.82) is 0 Å². The Balaban J connectivity index is 1.62. The van der Waals surface area contributed by atoms with Gasteiger partial charge in [0.15, 0.2) is 0 Å². The van der Waals surface area contributed by atoms with Crippen LogP contribution < -0.4 is 5.32 Å². The Morgan fingerprint density at radius 1 is 0.914 bits per heavy atom. The minimum atomic E-state index is -0.201. The maximum absolute atomic E-state index is 12.3. The molecular weight excluding hydrogens is 549 g/mol. The van der Waals surface area contributed by atoms with Crippen LogP contribution in [0.3, 0.4) is 0 Å². The molecule has 0 saturated carbocycles. The fraction of sp³-hybridized carbons (Fsp3) is 0.148. The summed E-state index contributed by atoms with van der Waals surface area (Å²) in [5.74, 6) is -0.159. The number of ketones is 1. The predicted molar refractivity (Wildman–Crippen MR) is 144 cm³/mol. The van der Waals surface area contributed by atoms with E-state index in [9.17, 15) is 9.59 Å². The summed E-state index contributed by atoms with van der Waals surface area (Å²) >= 11 is 15.9. The Morgan fingerprint density at radius 2 is 1.57 bits per heavy atom. The number of hydrogen-bond acceptors (Lipinski definition) is 3. The van der Waals surface area contributed by atoms with Crippen LogP contribution in [0.4, 0.5) is 0 Å². The highest BCUT2D eigenvalue weighted by Gasteiger charge is 2.14. The molecule has 1 heterocycles. The molecule has 0 spiro atoms. The number of carbonyl (C=O) groups is 2. The summed E-state index contributed by atoms with van der Waals surface area (Å²) in [6.07, 6.45) is 0.322. The molecular formula is C27H22BrCl2N3O2. The lowest BCUT2D eigenvalue weighted by Crippen LogP contribution is -2.25. The third-order valence-electron chi connectivity index (χ3n) is 5.39. The average molecular weight is 571 g/mol. The Hall–Kier alpha value is -2.93. The SMILES string of the molecule is CC(=O)CCNC(=O)c1ccc(Cn2nc(-c3cc(Cl)cc(Cl)c3)cc2-c2ccc(Br)cc2)cc1. The number of nitrogens with one attached hydrogen (secondary N) is 1. The van der Waals surface area contributed by atoms with Gasteiger partial charge in [-0.2, -0.15) is 5.10 Å². The molecule has 0 aliphatic carbocycles. The minimum absolute atomic E-state index is 0.0425. The van der Waals surface area contributed by atoms with Gasteiger partial charge in [0.2, 0.25) is 0 Å². The van der Waals surface area contributed by atoms with Crippen LogP contribution in [0.1, 0.15) is 29.3 Å². The van der Waals surface area contributed by atoms with E-state index in [-0.39, 0.29) is 11.7 Å². The largest absolute Gasteiger partial charge is 0.352 e. The zero-order valence-corrected chi connectivity index (χ0v) is 22.0. The minimum Gasteiger partial charge on any atom is -0.352 e. The molecule has 5 nitrogen and oxygen atoms in total. The highest BCUT2D eigenvalue weighted by molar-refractivity contribution is 9.10. The van der Waals surface area contributed by atoms with E-state index in [2.05, 4.69) is 21.2 Å². The van der Waals surface area contributed by atoms with E-state index >= 15 is 0 Å². The van der Waals surface area contributed by atoms with Crippen molar-refractivity contribution in [2.45, 2.75) is 19.9 Å². The normalized spacial score (nSPS) is 10.9. The summed E-state index contributed by atoms with van der Waals surface area (Å²) < 4.78 is 2.92. The van der Waals surface area contributed by atoms with Crippen molar-refractivity contribution in [2.75, 3.05) is 6.54 Å². The van der Waals surface area contributed by atoms with Gasteiger partial charge in [-0.15, -0.1) is 0 Å². The van der Waals surface area contributed by atoms with Gasteiger partial charge >= 0.3 is 0 Å². The molecule has 3 aromatic carbocycles. The first-order valence-corrected chi connectivity index (χ1v) is 12.5. The molecule has 0 saturated heterocycles. The smallest absolute Gasteiger partial charge is 0.251 e. The molecule has 35 heavy (non-hydrogen) atoms. The number of aromatic nitrogens is 2. The van der Waals surface area contributed by atoms with Crippen LogP contribution in [-0.2, 0) is 11.3 Å². The van der Waals surface area contributed by atoms with E-state index in [1.807, 2.05) is 59.3 Å². The van der Waals surface area contributed by atoms with Crippen molar-refractivity contribution in [1.82, 2.24) is 15.1 Å². The van der Waals surface area contributed by atoms with Crippen molar-refractivity contribution >= 4 is 50.8 Å². The second-order valence-corrected chi connectivity index (χ2v) is 9.93. The van der Waals surface area contributed by atoms with Crippen molar-refractivity contribution in [3.8, 4) is 22.5 Å². The van der Waals surface area contributed by atoms with Crippen LogP contribution in [0.15, 0.2) is 77.3 Å². The number of nitrogens with zero attached hydrogens (tertiary/aromatic N) is 2. The van der Waals surface area contributed by atoms with Gasteiger partial charge in [0.1, 0.15) is 5.78 Å². The lowest BCUT2D eigenvalue weighted by atomic mass is 10.1. The Kier molecular flexibility index (Phi) is 8.06. The van der Waals surface area contributed by atoms with Crippen LogP contribution in [0.2, 0.25) is 10.0 Å². The molecule has 0 bridgehead atoms. The van der Waals surface area contributed by atoms with Gasteiger partial charge in [-0.1, -0.05) is 63.4 Å². The van der Waals surface area contributed by atoms with E-state index in [1.165, 1.54) is 6.92 Å². The maximum atomic E-state index is 12.3. The van der Waals surface area contributed by atoms with E-state index in [1.54, 1.807) is 18.2 Å². The number of halogens is 3. The molecule has 0 aliphatic rings. The molecule has 0 radical (unpaired) electrons. The lowest BCUT2D eigenvalue weighted by Gasteiger charge is -2.09. The molecule has 4 aromatic rings. The Bertz CT molecular complexity index is 1350. The van der Waals surface area contributed by atoms with E-state index in [0.717, 1.165) is 32.6 Å². The lowest BCUT2D eigenvalue weighted by molar-refractivity contribution is -0.116. The van der Waals surface area contributed by atoms with Crippen LogP contribution >= 0.6 is 39.1 Å². The number of carbonyl (C=O) groups excluding carboxylic acids is 2. The molecule has 1 N–H and O–H groups in total. The molecule has 1 amide bonds. The van der Waals surface area contributed by atoms with Crippen molar-refractivity contribution in [2.24, 2.45) is 0 Å². The van der Waals surface area contributed by atoms with E-state index < -0.39 is 0 Å². The van der Waals surface area contributed by atoms with Gasteiger partial charge in [-0.05, 0) is 66.6 Å². The number of rotatable bonds is 8. The topological polar surface area (TPSA) is 64.0 Å². The zero-order chi connectivity index (χ0) is 24.9. The second-order valence-electron chi connectivity index (χ2n) is 8.14. The van der Waals surface area contributed by atoms with Gasteiger partial charge < -0.3 is 5.32 Å². The van der Waals surface area contributed by atoms with Crippen LogP contribution in [-0.4, -0.2) is 28.0 Å². The second kappa shape index (κ2) is 11.2. The van der Waals surface area contributed by atoms with Crippen molar-refractivity contribution < 1.29 is 9.59 Å². The first kappa shape index (κ1) is 25.2. The predicted octanol–water partition coefficient (Wildman–Crippen LogP) is 7.04. The summed E-state index contributed by atoms with van der Waals surface area (Å²) in [4.78, 5) is 23.4. The number of benzene rings is 3. The molecule has 4 rings (SSSR count). The molecule has 0 fully saturated rings. The summed E-state index contributed by atoms with van der Waals surface area (Å²) in [7, 11) is 0. The molecule has 0 unspecified atom stereocenters. The Morgan fingerprint density at radius 3 is 2.20 bits per heavy atom. The van der Waals surface area contributed by atoms with Crippen LogP contribution in [0, 0.1) is 0 Å². The third-order valence-corrected chi connectivity index (χ3v) is 6.35. The number of hydrogen-bond donors (Lipinski definition) is 1. The van der Waals surface area contributed by atoms with Gasteiger partial charge in [-0.25, -0.2) is 0 Å². The molecule has 0 atom stereocenters. The summed E-state index contributed by atoms with van der Waals surface area (Å²) in [5, 5.41) is 8.70. The molecule has 0 aliphatic heterocycles. The summed E-state index contributed by atoms with van der Waals surface area (Å²) in [6.45, 7) is 2.34. The fourth-order valence-electron chi connectivity index (χ4n) is 3.62. The van der Waals surface area contributed by atoms with Crippen molar-refractivity contribution in [3.05, 3.63) is 98.4 Å². The van der Waals surface area contributed by atoms with Gasteiger partial charge in [0, 0.05) is 38.6 Å². The molecule has 1 aromatic heterocycles. The average Bonchev–Trinajstić information content (AvgIpc) is 3.23. The first-order valence-electron chi connectivity index (χ1n) is 11.0. The Labute approximate surface area is 222 Å². The summed E-state index contributed by atoms with van der Waals surface area (Å²) in [5.41, 5.74) is 5.07. The third kappa shape index (κ3) is 6.60. The van der Waals surface area contributed by atoms with E-state index in [0.29, 0.717) is 35.1 Å². The van der Waals surface area contributed by atoms with Crippen molar-refractivity contribution in [3.63, 3.8) is 0 Å². The number of Topliss-reactive ketones (excluding diaryl/α,β-unsaturated/α-hetero) is 1. The first-order chi connectivity index (χ1) is 16.8. The zero-order valence-electron chi connectivity index (χ0n) is 18.9. The maximum Gasteiger partial charge on any atom is 0.251 e. The van der Waals surface area contributed by atoms with E-state index in [4.69, 9.17) is 28.3 Å². The van der Waals surface area contributed by atoms with Crippen LogP contribution in [0.25, 0.3) is 22.5 Å². The van der Waals surface area contributed by atoms with Crippen LogP contribution in [0.5, 0.6) is 0 Å². The van der Waals surface area contributed by atoms with Gasteiger partial charge in [0.05, 0.1) is 17.9 Å².